The third-order valence-electron chi connectivity index (χ3n) is 5.23. The molecule has 0 radical (unpaired) electrons. The number of ether oxygens (including phenoxy) is 1. The molecule has 26 heavy (non-hydrogen) atoms. The summed E-state index contributed by atoms with van der Waals surface area (Å²) in [5.74, 6) is -0.0187. The standard InChI is InChI=1S/C21H34O3SSi/c1-6-24-21(22)19-10-8-7-9-18(19)20(15-26(3,4)5)25(23)17-13-11-16(2)12-14-17/h11-14,18-20H,6-10,15H2,1-5H3/t18-,19-,20-,25?/m0/s1. The van der Waals surface area contributed by atoms with Crippen LogP contribution >= 0.6 is 0 Å². The first-order valence-electron chi connectivity index (χ1n) is 9.87. The van der Waals surface area contributed by atoms with Crippen molar-refractivity contribution < 1.29 is 13.7 Å². The van der Waals surface area contributed by atoms with Crippen molar-refractivity contribution in [1.29, 1.82) is 0 Å². The Morgan fingerprint density at radius 2 is 1.81 bits per heavy atom. The van der Waals surface area contributed by atoms with E-state index in [1.165, 1.54) is 5.56 Å². The molecular weight excluding hydrogens is 360 g/mol. The second kappa shape index (κ2) is 9.31. The van der Waals surface area contributed by atoms with E-state index >= 15 is 0 Å². The molecule has 0 bridgehead atoms. The smallest absolute Gasteiger partial charge is 0.309 e. The Bertz CT molecular complexity index is 621. The van der Waals surface area contributed by atoms with Crippen LogP contribution in [0.4, 0.5) is 0 Å². The summed E-state index contributed by atoms with van der Waals surface area (Å²) in [6, 6.07) is 9.02. The van der Waals surface area contributed by atoms with Crippen molar-refractivity contribution in [2.75, 3.05) is 6.61 Å². The van der Waals surface area contributed by atoms with Gasteiger partial charge in [-0.15, -0.1) is 0 Å². The first kappa shape index (κ1) is 21.4. The van der Waals surface area contributed by atoms with Gasteiger partial charge >= 0.3 is 5.97 Å². The molecule has 1 aromatic rings. The first-order chi connectivity index (χ1) is 12.2. The summed E-state index contributed by atoms with van der Waals surface area (Å²) < 4.78 is 18.9. The van der Waals surface area contributed by atoms with Gasteiger partial charge in [-0.1, -0.05) is 50.2 Å². The van der Waals surface area contributed by atoms with Gasteiger partial charge < -0.3 is 4.74 Å². The number of carbonyl (C=O) groups excluding carboxylic acids is 1. The van der Waals surface area contributed by atoms with Crippen molar-refractivity contribution >= 4 is 24.8 Å². The van der Waals surface area contributed by atoms with Gasteiger partial charge in [0.05, 0.1) is 23.3 Å². The van der Waals surface area contributed by atoms with Crippen molar-refractivity contribution in [3.8, 4) is 0 Å². The molecule has 1 fully saturated rings. The van der Waals surface area contributed by atoms with Crippen LogP contribution in [-0.4, -0.2) is 30.1 Å². The molecule has 0 amide bonds. The molecule has 1 unspecified atom stereocenters. The molecule has 0 aliphatic heterocycles. The molecule has 146 valence electrons. The van der Waals surface area contributed by atoms with Crippen molar-refractivity contribution in [2.24, 2.45) is 11.8 Å². The minimum Gasteiger partial charge on any atom is -0.466 e. The number of carbonyl (C=O) groups is 1. The molecular formula is C21H34O3SSi. The molecule has 0 heterocycles. The van der Waals surface area contributed by atoms with Gasteiger partial charge in [-0.3, -0.25) is 9.00 Å². The van der Waals surface area contributed by atoms with Crippen molar-refractivity contribution in [3.05, 3.63) is 29.8 Å². The summed E-state index contributed by atoms with van der Waals surface area (Å²) in [7, 11) is -2.53. The summed E-state index contributed by atoms with van der Waals surface area (Å²) in [6.45, 7) is 11.3. The predicted octanol–water partition coefficient (Wildman–Crippen LogP) is 5.18. The van der Waals surface area contributed by atoms with Crippen LogP contribution in [0.15, 0.2) is 29.2 Å². The largest absolute Gasteiger partial charge is 0.466 e. The maximum Gasteiger partial charge on any atom is 0.309 e. The second-order valence-corrected chi connectivity index (χ2v) is 15.9. The zero-order valence-corrected chi connectivity index (χ0v) is 18.7. The quantitative estimate of drug-likeness (QED) is 0.473. The van der Waals surface area contributed by atoms with E-state index in [0.717, 1.165) is 36.6 Å². The number of benzene rings is 1. The van der Waals surface area contributed by atoms with E-state index in [2.05, 4.69) is 19.6 Å². The average molecular weight is 395 g/mol. The lowest BCUT2D eigenvalue weighted by molar-refractivity contribution is -0.151. The van der Waals surface area contributed by atoms with Gasteiger partial charge in [-0.2, -0.15) is 0 Å². The highest BCUT2D eigenvalue weighted by atomic mass is 32.2. The van der Waals surface area contributed by atoms with E-state index in [-0.39, 0.29) is 23.1 Å². The van der Waals surface area contributed by atoms with E-state index in [1.807, 2.05) is 38.1 Å². The first-order valence-corrected chi connectivity index (χ1v) is 14.8. The number of rotatable bonds is 7. The van der Waals surface area contributed by atoms with Crippen molar-refractivity contribution in [1.82, 2.24) is 0 Å². The molecule has 5 heteroatoms. The van der Waals surface area contributed by atoms with Gasteiger partial charge in [-0.05, 0) is 50.8 Å². The predicted molar refractivity (Wildman–Crippen MR) is 112 cm³/mol. The molecule has 0 N–H and O–H groups in total. The van der Waals surface area contributed by atoms with Gasteiger partial charge in [0.15, 0.2) is 0 Å². The molecule has 0 spiro atoms. The maximum absolute atomic E-state index is 13.5. The zero-order chi connectivity index (χ0) is 19.3. The van der Waals surface area contributed by atoms with Gasteiger partial charge in [-0.25, -0.2) is 0 Å². The third-order valence-corrected chi connectivity index (χ3v) is 8.99. The number of aryl methyl sites for hydroxylation is 1. The Hall–Kier alpha value is -0.943. The summed E-state index contributed by atoms with van der Waals surface area (Å²) in [6.07, 6.45) is 4.04. The van der Waals surface area contributed by atoms with Crippen LogP contribution in [0, 0.1) is 18.8 Å². The summed E-state index contributed by atoms with van der Waals surface area (Å²) >= 11 is 0. The minimum atomic E-state index is -1.44. The van der Waals surface area contributed by atoms with Crippen LogP contribution in [0.1, 0.15) is 38.2 Å². The lowest BCUT2D eigenvalue weighted by Gasteiger charge is -2.37. The molecule has 1 aliphatic rings. The fourth-order valence-corrected chi connectivity index (χ4v) is 9.00. The third kappa shape index (κ3) is 5.78. The highest BCUT2D eigenvalue weighted by Gasteiger charge is 2.41. The van der Waals surface area contributed by atoms with Crippen LogP contribution in [0.25, 0.3) is 0 Å². The molecule has 0 saturated heterocycles. The normalized spacial score (nSPS) is 23.3. The van der Waals surface area contributed by atoms with Gasteiger partial charge in [0.25, 0.3) is 0 Å². The molecule has 1 aromatic carbocycles. The van der Waals surface area contributed by atoms with Crippen LogP contribution in [0.5, 0.6) is 0 Å². The van der Waals surface area contributed by atoms with Gasteiger partial charge in [0.2, 0.25) is 0 Å². The topological polar surface area (TPSA) is 43.4 Å². The van der Waals surface area contributed by atoms with Gasteiger partial charge in [0.1, 0.15) is 0 Å². The molecule has 1 saturated carbocycles. The van der Waals surface area contributed by atoms with Crippen LogP contribution in [-0.2, 0) is 20.3 Å². The van der Waals surface area contributed by atoms with Crippen LogP contribution < -0.4 is 0 Å². The number of hydrogen-bond donors (Lipinski definition) is 0. The maximum atomic E-state index is 13.5. The Morgan fingerprint density at radius 1 is 1.19 bits per heavy atom. The zero-order valence-electron chi connectivity index (χ0n) is 16.9. The molecule has 4 atom stereocenters. The van der Waals surface area contributed by atoms with E-state index in [9.17, 15) is 9.00 Å². The minimum absolute atomic E-state index is 0.0408. The van der Waals surface area contributed by atoms with Crippen molar-refractivity contribution in [2.45, 2.75) is 75.4 Å². The Morgan fingerprint density at radius 3 is 2.38 bits per heavy atom. The van der Waals surface area contributed by atoms with E-state index < -0.39 is 18.9 Å². The molecule has 0 aromatic heterocycles. The summed E-state index contributed by atoms with van der Waals surface area (Å²) in [5.41, 5.74) is 1.18. The van der Waals surface area contributed by atoms with E-state index in [4.69, 9.17) is 4.74 Å². The highest BCUT2D eigenvalue weighted by Crippen LogP contribution is 2.39. The highest BCUT2D eigenvalue weighted by molar-refractivity contribution is 7.85. The lowest BCUT2D eigenvalue weighted by Crippen LogP contribution is -2.42. The summed E-state index contributed by atoms with van der Waals surface area (Å²) in [4.78, 5) is 13.5. The Labute approximate surface area is 162 Å². The monoisotopic (exact) mass is 394 g/mol. The fraction of sp³-hybridized carbons (Fsp3) is 0.667. The van der Waals surface area contributed by atoms with Crippen LogP contribution in [0.3, 0.4) is 0 Å². The number of hydrogen-bond acceptors (Lipinski definition) is 3. The lowest BCUT2D eigenvalue weighted by atomic mass is 9.77. The van der Waals surface area contributed by atoms with Gasteiger partial charge in [0, 0.05) is 18.2 Å². The average Bonchev–Trinajstić information content (AvgIpc) is 2.59. The molecule has 2 rings (SSSR count). The SMILES string of the molecule is CCOC(=O)[C@H]1CCCC[C@@H]1[C@H](C[Si](C)(C)C)S(=O)c1ccc(C)cc1. The van der Waals surface area contributed by atoms with Crippen molar-refractivity contribution in [3.63, 3.8) is 0 Å². The van der Waals surface area contributed by atoms with E-state index in [0.29, 0.717) is 6.61 Å². The Kier molecular flexibility index (Phi) is 7.65. The molecule has 1 aliphatic carbocycles. The summed E-state index contributed by atoms with van der Waals surface area (Å²) in [5, 5.41) is 0.0408. The second-order valence-electron chi connectivity index (χ2n) is 8.72. The molecule has 3 nitrogen and oxygen atoms in total. The fourth-order valence-electron chi connectivity index (χ4n) is 3.98. The Balaban J connectivity index is 2.33. The number of esters is 1. The van der Waals surface area contributed by atoms with Crippen LogP contribution in [0.2, 0.25) is 25.7 Å². The van der Waals surface area contributed by atoms with E-state index in [1.54, 1.807) is 0 Å².